The maximum atomic E-state index is 12.4. The first-order valence-corrected chi connectivity index (χ1v) is 7.75. The number of carbonyl (C=O) groups excluding carboxylic acids is 1. The molecule has 120 valence electrons. The van der Waals surface area contributed by atoms with Gasteiger partial charge in [0.25, 0.3) is 5.91 Å². The van der Waals surface area contributed by atoms with Crippen molar-refractivity contribution in [3.05, 3.63) is 60.2 Å². The van der Waals surface area contributed by atoms with Crippen LogP contribution in [0.15, 0.2) is 54.6 Å². The van der Waals surface area contributed by atoms with Gasteiger partial charge in [-0.3, -0.25) is 9.69 Å². The lowest BCUT2D eigenvalue weighted by molar-refractivity contribution is -0.133. The lowest BCUT2D eigenvalue weighted by Gasteiger charge is -2.32. The van der Waals surface area contributed by atoms with Gasteiger partial charge in [-0.05, 0) is 17.7 Å². The van der Waals surface area contributed by atoms with Gasteiger partial charge in [-0.2, -0.15) is 0 Å². The Labute approximate surface area is 136 Å². The average molecular weight is 311 g/mol. The van der Waals surface area contributed by atoms with E-state index in [1.54, 1.807) is 12.1 Å². The smallest absolute Gasteiger partial charge is 0.254 e. The summed E-state index contributed by atoms with van der Waals surface area (Å²) in [5.41, 5.74) is 8.28. The highest BCUT2D eigenvalue weighted by atomic mass is 16.5. The number of amides is 1. The van der Waals surface area contributed by atoms with Gasteiger partial charge in [0.1, 0.15) is 6.10 Å². The first-order chi connectivity index (χ1) is 11.2. The first kappa shape index (κ1) is 15.5. The molecule has 1 atom stereocenters. The molecule has 0 bridgehead atoms. The number of nitrogens with zero attached hydrogens (tertiary/aromatic N) is 1. The summed E-state index contributed by atoms with van der Waals surface area (Å²) >= 11 is 0. The number of carbonyl (C=O) groups is 1. The lowest BCUT2D eigenvalue weighted by atomic mass is 10.2. The van der Waals surface area contributed by atoms with Crippen LogP contribution in [0.5, 0.6) is 0 Å². The van der Waals surface area contributed by atoms with Crippen LogP contribution >= 0.6 is 0 Å². The molecule has 1 saturated heterocycles. The second-order valence-electron chi connectivity index (χ2n) is 5.66. The van der Waals surface area contributed by atoms with Crippen molar-refractivity contribution in [2.45, 2.75) is 12.6 Å². The Morgan fingerprint density at radius 3 is 2.70 bits per heavy atom. The van der Waals surface area contributed by atoms with E-state index in [0.717, 1.165) is 13.1 Å². The standard InChI is InChI=1S/C18H21N3O2/c19-15-8-4-5-9-16(15)20-18(22)17-13-21(10-11-23-17)12-14-6-2-1-3-7-14/h1-9,17H,10-13,19H2,(H,20,22). The number of para-hydroxylation sites is 2. The zero-order chi connectivity index (χ0) is 16.1. The summed E-state index contributed by atoms with van der Waals surface area (Å²) in [4.78, 5) is 14.6. The van der Waals surface area contributed by atoms with Crippen LogP contribution in [-0.2, 0) is 16.1 Å². The molecule has 0 aromatic heterocycles. The van der Waals surface area contributed by atoms with E-state index < -0.39 is 6.10 Å². The molecule has 1 unspecified atom stereocenters. The van der Waals surface area contributed by atoms with E-state index in [-0.39, 0.29) is 5.91 Å². The summed E-state index contributed by atoms with van der Waals surface area (Å²) in [6.45, 7) is 2.77. The minimum Gasteiger partial charge on any atom is -0.397 e. The van der Waals surface area contributed by atoms with E-state index >= 15 is 0 Å². The molecule has 0 saturated carbocycles. The van der Waals surface area contributed by atoms with Crippen LogP contribution in [0, 0.1) is 0 Å². The van der Waals surface area contributed by atoms with E-state index in [2.05, 4.69) is 22.3 Å². The van der Waals surface area contributed by atoms with Gasteiger partial charge >= 0.3 is 0 Å². The van der Waals surface area contributed by atoms with Crippen molar-refractivity contribution in [3.8, 4) is 0 Å². The Morgan fingerprint density at radius 1 is 1.17 bits per heavy atom. The monoisotopic (exact) mass is 311 g/mol. The number of nitrogens with one attached hydrogen (secondary N) is 1. The summed E-state index contributed by atoms with van der Waals surface area (Å²) in [5, 5.41) is 2.85. The van der Waals surface area contributed by atoms with Crippen molar-refractivity contribution >= 4 is 17.3 Å². The van der Waals surface area contributed by atoms with Gasteiger partial charge in [0.05, 0.1) is 18.0 Å². The maximum Gasteiger partial charge on any atom is 0.254 e. The predicted octanol–water partition coefficient (Wildman–Crippen LogP) is 2.11. The van der Waals surface area contributed by atoms with E-state index in [1.165, 1.54) is 5.56 Å². The van der Waals surface area contributed by atoms with Gasteiger partial charge in [0.15, 0.2) is 0 Å². The first-order valence-electron chi connectivity index (χ1n) is 7.75. The number of nitrogen functional groups attached to an aromatic ring is 1. The van der Waals surface area contributed by atoms with Gasteiger partial charge < -0.3 is 15.8 Å². The summed E-state index contributed by atoms with van der Waals surface area (Å²) in [5.74, 6) is -0.152. The van der Waals surface area contributed by atoms with Crippen LogP contribution in [0.2, 0.25) is 0 Å². The minimum absolute atomic E-state index is 0.152. The molecule has 0 radical (unpaired) electrons. The Balaban J connectivity index is 1.59. The van der Waals surface area contributed by atoms with Gasteiger partial charge in [-0.25, -0.2) is 0 Å². The van der Waals surface area contributed by atoms with Crippen LogP contribution < -0.4 is 11.1 Å². The molecule has 2 aromatic carbocycles. The molecule has 0 spiro atoms. The van der Waals surface area contributed by atoms with Crippen molar-refractivity contribution in [2.75, 3.05) is 30.7 Å². The highest BCUT2D eigenvalue weighted by molar-refractivity contribution is 5.96. The fraction of sp³-hybridized carbons (Fsp3) is 0.278. The molecule has 1 fully saturated rings. The molecule has 5 heteroatoms. The Kier molecular flexibility index (Phi) is 4.90. The van der Waals surface area contributed by atoms with Crippen LogP contribution in [0.1, 0.15) is 5.56 Å². The van der Waals surface area contributed by atoms with Gasteiger partial charge in [-0.15, -0.1) is 0 Å². The van der Waals surface area contributed by atoms with E-state index in [9.17, 15) is 4.79 Å². The van der Waals surface area contributed by atoms with Crippen molar-refractivity contribution in [2.24, 2.45) is 0 Å². The fourth-order valence-electron chi connectivity index (χ4n) is 2.67. The zero-order valence-corrected chi connectivity index (χ0v) is 12.9. The number of hydrogen-bond donors (Lipinski definition) is 2. The Bertz CT molecular complexity index is 660. The predicted molar refractivity (Wildman–Crippen MR) is 90.9 cm³/mol. The molecule has 2 aromatic rings. The fourth-order valence-corrected chi connectivity index (χ4v) is 2.67. The minimum atomic E-state index is -0.480. The third kappa shape index (κ3) is 4.09. The molecule has 1 amide bonds. The van der Waals surface area contributed by atoms with Crippen LogP contribution in [-0.4, -0.2) is 36.6 Å². The van der Waals surface area contributed by atoms with Crippen LogP contribution in [0.25, 0.3) is 0 Å². The molecule has 5 nitrogen and oxygen atoms in total. The molecular weight excluding hydrogens is 290 g/mol. The summed E-state index contributed by atoms with van der Waals surface area (Å²) < 4.78 is 5.63. The zero-order valence-electron chi connectivity index (χ0n) is 12.9. The normalized spacial score (nSPS) is 18.5. The molecule has 23 heavy (non-hydrogen) atoms. The molecule has 3 N–H and O–H groups in total. The summed E-state index contributed by atoms with van der Waals surface area (Å²) in [6, 6.07) is 17.5. The number of morpholine rings is 1. The maximum absolute atomic E-state index is 12.4. The van der Waals surface area contributed by atoms with Crippen molar-refractivity contribution in [1.29, 1.82) is 0 Å². The third-order valence-corrected chi connectivity index (χ3v) is 3.91. The van der Waals surface area contributed by atoms with Crippen molar-refractivity contribution in [1.82, 2.24) is 4.90 Å². The second kappa shape index (κ2) is 7.26. The van der Waals surface area contributed by atoms with E-state index in [0.29, 0.717) is 24.5 Å². The van der Waals surface area contributed by atoms with Gasteiger partial charge in [0.2, 0.25) is 0 Å². The van der Waals surface area contributed by atoms with Crippen LogP contribution in [0.3, 0.4) is 0 Å². The highest BCUT2D eigenvalue weighted by Gasteiger charge is 2.27. The van der Waals surface area contributed by atoms with E-state index in [4.69, 9.17) is 10.5 Å². The highest BCUT2D eigenvalue weighted by Crippen LogP contribution is 2.18. The number of ether oxygens (including phenoxy) is 1. The van der Waals surface area contributed by atoms with E-state index in [1.807, 2.05) is 30.3 Å². The van der Waals surface area contributed by atoms with Crippen molar-refractivity contribution < 1.29 is 9.53 Å². The molecular formula is C18H21N3O2. The molecule has 1 aliphatic heterocycles. The average Bonchev–Trinajstić information content (AvgIpc) is 2.58. The lowest BCUT2D eigenvalue weighted by Crippen LogP contribution is -2.47. The quantitative estimate of drug-likeness (QED) is 0.849. The molecule has 1 aliphatic rings. The topological polar surface area (TPSA) is 67.6 Å². The number of hydrogen-bond acceptors (Lipinski definition) is 4. The number of benzene rings is 2. The Morgan fingerprint density at radius 2 is 1.91 bits per heavy atom. The van der Waals surface area contributed by atoms with Gasteiger partial charge in [-0.1, -0.05) is 42.5 Å². The Hall–Kier alpha value is -2.37. The van der Waals surface area contributed by atoms with Gasteiger partial charge in [0, 0.05) is 19.6 Å². The third-order valence-electron chi connectivity index (χ3n) is 3.91. The van der Waals surface area contributed by atoms with Crippen molar-refractivity contribution in [3.63, 3.8) is 0 Å². The largest absolute Gasteiger partial charge is 0.397 e. The van der Waals surface area contributed by atoms with Crippen LogP contribution in [0.4, 0.5) is 11.4 Å². The molecule has 0 aliphatic carbocycles. The molecule has 1 heterocycles. The SMILES string of the molecule is Nc1ccccc1NC(=O)C1CN(Cc2ccccc2)CCO1. The number of nitrogens with two attached hydrogens (primary N) is 1. The molecule has 3 rings (SSSR count). The summed E-state index contributed by atoms with van der Waals surface area (Å²) in [6.07, 6.45) is -0.480. The number of anilines is 2. The summed E-state index contributed by atoms with van der Waals surface area (Å²) in [7, 11) is 0. The number of rotatable bonds is 4. The second-order valence-corrected chi connectivity index (χ2v) is 5.66.